The number of anilines is 2. The van der Waals surface area contributed by atoms with Gasteiger partial charge in [-0.15, -0.1) is 0 Å². The molecule has 1 fully saturated rings. The number of carbonyl (C=O) groups is 1. The first-order valence-corrected chi connectivity index (χ1v) is 8.75. The van der Waals surface area contributed by atoms with Crippen LogP contribution in [0.4, 0.5) is 15.9 Å². The van der Waals surface area contributed by atoms with Crippen LogP contribution in [-0.4, -0.2) is 42.2 Å². The molecular formula is C18H16ClFN4O3. The second kappa shape index (κ2) is 7.13. The second-order valence-corrected chi connectivity index (χ2v) is 6.50. The van der Waals surface area contributed by atoms with Crippen LogP contribution in [0.25, 0.3) is 11.1 Å². The molecule has 1 N–H and O–H groups in total. The molecule has 1 aliphatic rings. The van der Waals surface area contributed by atoms with E-state index < -0.39 is 11.7 Å². The zero-order valence-electron chi connectivity index (χ0n) is 14.5. The molecule has 9 heteroatoms. The SMILES string of the molecule is Cc1oc2ncnc(N3CCOCC3)c2c1C(=O)Nc1ccc(F)c(Cl)c1. The molecule has 1 aliphatic heterocycles. The van der Waals surface area contributed by atoms with Crippen LogP contribution < -0.4 is 10.2 Å². The normalized spacial score (nSPS) is 14.6. The third-order valence-corrected chi connectivity index (χ3v) is 4.65. The number of aromatic nitrogens is 2. The lowest BCUT2D eigenvalue weighted by molar-refractivity contribution is 0.102. The Hall–Kier alpha value is -2.71. The van der Waals surface area contributed by atoms with Crippen LogP contribution in [0.15, 0.2) is 28.9 Å². The topological polar surface area (TPSA) is 80.5 Å². The van der Waals surface area contributed by atoms with Crippen LogP contribution in [0.2, 0.25) is 5.02 Å². The molecule has 1 amide bonds. The zero-order chi connectivity index (χ0) is 19.0. The number of aryl methyl sites for hydroxylation is 1. The number of carbonyl (C=O) groups excluding carboxylic acids is 1. The van der Waals surface area contributed by atoms with Gasteiger partial charge in [-0.2, -0.15) is 0 Å². The van der Waals surface area contributed by atoms with E-state index in [1.807, 2.05) is 4.90 Å². The van der Waals surface area contributed by atoms with Crippen molar-refractivity contribution in [1.82, 2.24) is 9.97 Å². The average Bonchev–Trinajstić information content (AvgIpc) is 3.01. The van der Waals surface area contributed by atoms with Gasteiger partial charge in [0.25, 0.3) is 5.91 Å². The summed E-state index contributed by atoms with van der Waals surface area (Å²) in [4.78, 5) is 23.5. The number of furan rings is 1. The first-order chi connectivity index (χ1) is 13.0. The molecule has 1 aromatic carbocycles. The monoisotopic (exact) mass is 390 g/mol. The van der Waals surface area contributed by atoms with Gasteiger partial charge in [-0.1, -0.05) is 11.6 Å². The largest absolute Gasteiger partial charge is 0.442 e. The van der Waals surface area contributed by atoms with Crippen molar-refractivity contribution < 1.29 is 18.3 Å². The molecule has 1 saturated heterocycles. The van der Waals surface area contributed by atoms with E-state index in [1.54, 1.807) is 6.92 Å². The number of nitrogens with one attached hydrogen (secondary N) is 1. The van der Waals surface area contributed by atoms with Gasteiger partial charge in [0, 0.05) is 18.8 Å². The molecule has 0 aliphatic carbocycles. The van der Waals surface area contributed by atoms with Gasteiger partial charge in [-0.25, -0.2) is 14.4 Å². The molecule has 3 heterocycles. The van der Waals surface area contributed by atoms with Crippen LogP contribution >= 0.6 is 11.6 Å². The van der Waals surface area contributed by atoms with Crippen LogP contribution in [-0.2, 0) is 4.74 Å². The Labute approximate surface area is 159 Å². The van der Waals surface area contributed by atoms with Crippen molar-refractivity contribution in [3.63, 3.8) is 0 Å². The second-order valence-electron chi connectivity index (χ2n) is 6.09. The van der Waals surface area contributed by atoms with Crippen LogP contribution in [0.1, 0.15) is 16.1 Å². The van der Waals surface area contributed by atoms with Crippen molar-refractivity contribution in [2.45, 2.75) is 6.92 Å². The molecule has 140 valence electrons. The molecule has 3 aromatic rings. The number of nitrogens with zero attached hydrogens (tertiary/aromatic N) is 3. The maximum absolute atomic E-state index is 13.3. The van der Waals surface area contributed by atoms with Gasteiger partial charge in [-0.3, -0.25) is 4.79 Å². The maximum atomic E-state index is 13.3. The summed E-state index contributed by atoms with van der Waals surface area (Å²) in [6, 6.07) is 3.99. The van der Waals surface area contributed by atoms with Gasteiger partial charge >= 0.3 is 0 Å². The van der Waals surface area contributed by atoms with Gasteiger partial charge in [-0.05, 0) is 25.1 Å². The predicted molar refractivity (Wildman–Crippen MR) is 98.9 cm³/mol. The number of rotatable bonds is 3. The standard InChI is InChI=1S/C18H16ClFN4O3/c1-10-14(17(25)23-11-2-3-13(20)12(19)8-11)15-16(21-9-22-18(15)27-10)24-4-6-26-7-5-24/h2-3,8-9H,4-7H2,1H3,(H,23,25). The van der Waals surface area contributed by atoms with E-state index in [0.717, 1.165) is 0 Å². The first-order valence-electron chi connectivity index (χ1n) is 8.38. The minimum atomic E-state index is -0.553. The fourth-order valence-electron chi connectivity index (χ4n) is 3.08. The number of hydrogen-bond acceptors (Lipinski definition) is 6. The molecule has 0 spiro atoms. The summed E-state index contributed by atoms with van der Waals surface area (Å²) in [6.07, 6.45) is 1.41. The van der Waals surface area contributed by atoms with Gasteiger partial charge in [0.1, 0.15) is 23.7 Å². The molecular weight excluding hydrogens is 375 g/mol. The number of fused-ring (bicyclic) bond motifs is 1. The van der Waals surface area contributed by atoms with E-state index in [9.17, 15) is 9.18 Å². The molecule has 7 nitrogen and oxygen atoms in total. The molecule has 0 radical (unpaired) electrons. The lowest BCUT2D eigenvalue weighted by Crippen LogP contribution is -2.37. The lowest BCUT2D eigenvalue weighted by atomic mass is 10.1. The summed E-state index contributed by atoms with van der Waals surface area (Å²) in [5.41, 5.74) is 1.06. The summed E-state index contributed by atoms with van der Waals surface area (Å²) < 4.78 is 24.4. The molecule has 0 bridgehead atoms. The Bertz CT molecular complexity index is 1020. The first kappa shape index (κ1) is 17.7. The van der Waals surface area contributed by atoms with Crippen LogP contribution in [0, 0.1) is 12.7 Å². The highest BCUT2D eigenvalue weighted by Crippen LogP contribution is 2.32. The van der Waals surface area contributed by atoms with Crippen LogP contribution in [0.5, 0.6) is 0 Å². The summed E-state index contributed by atoms with van der Waals surface area (Å²) in [5.74, 6) is 0.0917. The van der Waals surface area contributed by atoms with E-state index in [4.69, 9.17) is 20.8 Å². The van der Waals surface area contributed by atoms with Crippen molar-refractivity contribution in [2.75, 3.05) is 36.5 Å². The third-order valence-electron chi connectivity index (χ3n) is 4.36. The summed E-state index contributed by atoms with van der Waals surface area (Å²) in [7, 11) is 0. The van der Waals surface area contributed by atoms with Gasteiger partial charge in [0.2, 0.25) is 5.71 Å². The Morgan fingerprint density at radius 1 is 1.30 bits per heavy atom. The highest BCUT2D eigenvalue weighted by atomic mass is 35.5. The number of halogens is 2. The fourth-order valence-corrected chi connectivity index (χ4v) is 3.27. The highest BCUT2D eigenvalue weighted by molar-refractivity contribution is 6.31. The lowest BCUT2D eigenvalue weighted by Gasteiger charge is -2.28. The summed E-state index contributed by atoms with van der Waals surface area (Å²) >= 11 is 5.79. The van der Waals surface area contributed by atoms with E-state index in [0.29, 0.717) is 60.2 Å². The maximum Gasteiger partial charge on any atom is 0.260 e. The number of amides is 1. The van der Waals surface area contributed by atoms with E-state index in [-0.39, 0.29) is 5.02 Å². The number of ether oxygens (including phenoxy) is 1. The fraction of sp³-hybridized carbons (Fsp3) is 0.278. The minimum absolute atomic E-state index is 0.0705. The third kappa shape index (κ3) is 3.33. The Kier molecular flexibility index (Phi) is 4.67. The van der Waals surface area contributed by atoms with Gasteiger partial charge in [0.15, 0.2) is 0 Å². The van der Waals surface area contributed by atoms with Gasteiger partial charge < -0.3 is 19.4 Å². The van der Waals surface area contributed by atoms with Crippen molar-refractivity contribution in [1.29, 1.82) is 0 Å². The van der Waals surface area contributed by atoms with Crippen molar-refractivity contribution >= 4 is 40.1 Å². The molecule has 27 heavy (non-hydrogen) atoms. The number of benzene rings is 1. The minimum Gasteiger partial charge on any atom is -0.442 e. The van der Waals surface area contributed by atoms with E-state index in [1.165, 1.54) is 24.5 Å². The molecule has 4 rings (SSSR count). The Balaban J connectivity index is 1.74. The van der Waals surface area contributed by atoms with Crippen molar-refractivity contribution in [2.24, 2.45) is 0 Å². The molecule has 0 atom stereocenters. The van der Waals surface area contributed by atoms with Crippen LogP contribution in [0.3, 0.4) is 0 Å². The zero-order valence-corrected chi connectivity index (χ0v) is 15.2. The smallest absolute Gasteiger partial charge is 0.260 e. The number of hydrogen-bond donors (Lipinski definition) is 1. The van der Waals surface area contributed by atoms with E-state index in [2.05, 4.69) is 15.3 Å². The van der Waals surface area contributed by atoms with Gasteiger partial charge in [0.05, 0.1) is 29.2 Å². The van der Waals surface area contributed by atoms with E-state index >= 15 is 0 Å². The predicted octanol–water partition coefficient (Wildman–Crippen LogP) is 3.41. The summed E-state index contributed by atoms with van der Waals surface area (Å²) in [6.45, 7) is 4.17. The highest BCUT2D eigenvalue weighted by Gasteiger charge is 2.26. The summed E-state index contributed by atoms with van der Waals surface area (Å²) in [5, 5.41) is 3.20. The molecule has 0 saturated carbocycles. The quantitative estimate of drug-likeness (QED) is 0.738. The molecule has 0 unspecified atom stereocenters. The Morgan fingerprint density at radius 3 is 2.81 bits per heavy atom. The number of morpholine rings is 1. The van der Waals surface area contributed by atoms with Crippen molar-refractivity contribution in [3.8, 4) is 0 Å². The van der Waals surface area contributed by atoms with Crippen molar-refractivity contribution in [3.05, 3.63) is 46.7 Å². The average molecular weight is 391 g/mol. The Morgan fingerprint density at radius 2 is 2.07 bits per heavy atom. The molecule has 2 aromatic heterocycles.